The van der Waals surface area contributed by atoms with Crippen LogP contribution in [0.2, 0.25) is 5.02 Å². The predicted octanol–water partition coefficient (Wildman–Crippen LogP) is 3.27. The molecule has 0 bridgehead atoms. The van der Waals surface area contributed by atoms with Crippen molar-refractivity contribution >= 4 is 17.5 Å². The second kappa shape index (κ2) is 8.66. The van der Waals surface area contributed by atoms with Gasteiger partial charge in [-0.25, -0.2) is 4.39 Å². The van der Waals surface area contributed by atoms with E-state index in [9.17, 15) is 14.3 Å². The highest BCUT2D eigenvalue weighted by atomic mass is 35.5. The number of carbonyl (C=O) groups is 1. The number of nitrogens with one attached hydrogen (secondary N) is 1. The van der Waals surface area contributed by atoms with E-state index in [1.54, 1.807) is 18.2 Å². The zero-order valence-electron chi connectivity index (χ0n) is 13.3. The number of hydrogen-bond donors (Lipinski definition) is 2. The number of aliphatic hydroxyl groups excluding tert-OH is 1. The van der Waals surface area contributed by atoms with Crippen molar-refractivity contribution in [3.63, 3.8) is 0 Å². The number of carbonyl (C=O) groups excluding carboxylic acids is 1. The molecule has 2 aromatic carbocycles. The molecule has 2 aromatic rings. The molecule has 2 N–H and O–H groups in total. The summed E-state index contributed by atoms with van der Waals surface area (Å²) in [5, 5.41) is 13.1. The Hall–Kier alpha value is -2.11. The highest BCUT2D eigenvalue weighted by Crippen LogP contribution is 2.25. The number of rotatable bonds is 7. The lowest BCUT2D eigenvalue weighted by Gasteiger charge is -2.12. The first-order chi connectivity index (χ1) is 11.5. The highest BCUT2D eigenvalue weighted by molar-refractivity contribution is 6.32. The molecule has 0 aromatic heterocycles. The zero-order valence-corrected chi connectivity index (χ0v) is 14.0. The third-order valence-electron chi connectivity index (χ3n) is 3.58. The lowest BCUT2D eigenvalue weighted by atomic mass is 10.1. The van der Waals surface area contributed by atoms with Gasteiger partial charge in [-0.1, -0.05) is 29.8 Å². The van der Waals surface area contributed by atoms with Crippen LogP contribution in [0.25, 0.3) is 0 Å². The van der Waals surface area contributed by atoms with Gasteiger partial charge in [0.2, 0.25) is 5.91 Å². The Morgan fingerprint density at radius 1 is 1.33 bits per heavy atom. The maximum Gasteiger partial charge on any atom is 0.220 e. The van der Waals surface area contributed by atoms with Crippen LogP contribution in [0.15, 0.2) is 42.5 Å². The molecular formula is C18H19ClFNO3. The van der Waals surface area contributed by atoms with Crippen molar-refractivity contribution in [1.82, 2.24) is 5.32 Å². The Morgan fingerprint density at radius 2 is 2.12 bits per heavy atom. The molecule has 1 atom stereocenters. The van der Waals surface area contributed by atoms with Crippen LogP contribution < -0.4 is 10.1 Å². The molecule has 6 heteroatoms. The maximum atomic E-state index is 13.1. The SMILES string of the molecule is COc1ccc(CCC(=O)NCC(O)c2cccc(F)c2)cc1Cl. The minimum Gasteiger partial charge on any atom is -0.495 e. The normalized spacial score (nSPS) is 11.8. The summed E-state index contributed by atoms with van der Waals surface area (Å²) in [4.78, 5) is 11.9. The van der Waals surface area contributed by atoms with E-state index in [2.05, 4.69) is 5.32 Å². The van der Waals surface area contributed by atoms with Crippen LogP contribution in [0, 0.1) is 5.82 Å². The number of aryl methyl sites for hydroxylation is 1. The minimum absolute atomic E-state index is 0.0334. The summed E-state index contributed by atoms with van der Waals surface area (Å²) < 4.78 is 18.2. The topological polar surface area (TPSA) is 58.6 Å². The molecule has 0 aliphatic heterocycles. The Morgan fingerprint density at radius 3 is 2.79 bits per heavy atom. The van der Waals surface area contributed by atoms with E-state index in [-0.39, 0.29) is 18.9 Å². The first-order valence-electron chi connectivity index (χ1n) is 7.52. The molecule has 0 spiro atoms. The lowest BCUT2D eigenvalue weighted by molar-refractivity contribution is -0.121. The summed E-state index contributed by atoms with van der Waals surface area (Å²) >= 11 is 6.04. The molecular weight excluding hydrogens is 333 g/mol. The van der Waals surface area contributed by atoms with E-state index in [0.717, 1.165) is 5.56 Å². The quantitative estimate of drug-likeness (QED) is 0.805. The van der Waals surface area contributed by atoms with Crippen molar-refractivity contribution in [2.45, 2.75) is 18.9 Å². The molecule has 1 unspecified atom stereocenters. The van der Waals surface area contributed by atoms with E-state index < -0.39 is 11.9 Å². The third-order valence-corrected chi connectivity index (χ3v) is 3.88. The van der Waals surface area contributed by atoms with Gasteiger partial charge in [0.15, 0.2) is 0 Å². The van der Waals surface area contributed by atoms with Crippen LogP contribution in [0.4, 0.5) is 4.39 Å². The van der Waals surface area contributed by atoms with Gasteiger partial charge in [-0.15, -0.1) is 0 Å². The Balaban J connectivity index is 1.80. The predicted molar refractivity (Wildman–Crippen MR) is 90.7 cm³/mol. The second-order valence-electron chi connectivity index (χ2n) is 5.34. The summed E-state index contributed by atoms with van der Waals surface area (Å²) in [5.74, 6) is -0.0326. The number of amides is 1. The van der Waals surface area contributed by atoms with E-state index in [0.29, 0.717) is 22.8 Å². The van der Waals surface area contributed by atoms with Crippen LogP contribution in [0.5, 0.6) is 5.75 Å². The van der Waals surface area contributed by atoms with Crippen LogP contribution in [-0.2, 0) is 11.2 Å². The molecule has 2 rings (SSSR count). The smallest absolute Gasteiger partial charge is 0.220 e. The monoisotopic (exact) mass is 351 g/mol. The first kappa shape index (κ1) is 18.2. The molecule has 128 valence electrons. The van der Waals surface area contributed by atoms with Crippen LogP contribution in [0.3, 0.4) is 0 Å². The molecule has 0 saturated carbocycles. The number of methoxy groups -OCH3 is 1. The van der Waals surface area contributed by atoms with E-state index in [1.807, 2.05) is 6.07 Å². The molecule has 0 aliphatic rings. The Kier molecular flexibility index (Phi) is 6.58. The maximum absolute atomic E-state index is 13.1. The summed E-state index contributed by atoms with van der Waals surface area (Å²) in [6, 6.07) is 11.0. The molecule has 0 radical (unpaired) electrons. The first-order valence-corrected chi connectivity index (χ1v) is 7.90. The fourth-order valence-electron chi connectivity index (χ4n) is 2.25. The van der Waals surface area contributed by atoms with Crippen molar-refractivity contribution < 1.29 is 19.0 Å². The van der Waals surface area contributed by atoms with Crippen molar-refractivity contribution in [1.29, 1.82) is 0 Å². The average molecular weight is 352 g/mol. The van der Waals surface area contributed by atoms with Gasteiger partial charge in [0.25, 0.3) is 0 Å². The molecule has 0 heterocycles. The number of aliphatic hydroxyl groups is 1. The fourth-order valence-corrected chi connectivity index (χ4v) is 2.53. The Bertz CT molecular complexity index is 708. The second-order valence-corrected chi connectivity index (χ2v) is 5.75. The molecule has 24 heavy (non-hydrogen) atoms. The highest BCUT2D eigenvalue weighted by Gasteiger charge is 2.11. The van der Waals surface area contributed by atoms with Crippen LogP contribution >= 0.6 is 11.6 Å². The summed E-state index contributed by atoms with van der Waals surface area (Å²) in [6.07, 6.45) is -0.162. The van der Waals surface area contributed by atoms with E-state index in [4.69, 9.17) is 16.3 Å². The molecule has 0 saturated heterocycles. The summed E-state index contributed by atoms with van der Waals surface area (Å²) in [5.41, 5.74) is 1.35. The number of halogens is 2. The number of ether oxygens (including phenoxy) is 1. The van der Waals surface area contributed by atoms with E-state index >= 15 is 0 Å². The van der Waals surface area contributed by atoms with Crippen LogP contribution in [-0.4, -0.2) is 24.7 Å². The summed E-state index contributed by atoms with van der Waals surface area (Å²) in [6.45, 7) is 0.0334. The minimum atomic E-state index is -0.944. The van der Waals surface area contributed by atoms with Crippen molar-refractivity contribution in [3.05, 3.63) is 64.4 Å². The average Bonchev–Trinajstić information content (AvgIpc) is 2.58. The Labute approximate surface area is 145 Å². The van der Waals surface area contributed by atoms with Gasteiger partial charge in [0.1, 0.15) is 11.6 Å². The third kappa shape index (κ3) is 5.22. The molecule has 0 aliphatic carbocycles. The van der Waals surface area contributed by atoms with Crippen molar-refractivity contribution in [3.8, 4) is 5.75 Å². The number of benzene rings is 2. The fraction of sp³-hybridized carbons (Fsp3) is 0.278. The largest absolute Gasteiger partial charge is 0.495 e. The van der Waals surface area contributed by atoms with Crippen LogP contribution in [0.1, 0.15) is 23.7 Å². The van der Waals surface area contributed by atoms with Gasteiger partial charge in [-0.3, -0.25) is 4.79 Å². The zero-order chi connectivity index (χ0) is 17.5. The molecule has 1 amide bonds. The van der Waals surface area contributed by atoms with E-state index in [1.165, 1.54) is 25.3 Å². The van der Waals surface area contributed by atoms with Gasteiger partial charge >= 0.3 is 0 Å². The standard InChI is InChI=1S/C18H19ClFNO3/c1-24-17-7-5-12(9-15(17)19)6-8-18(23)21-11-16(22)13-3-2-4-14(20)10-13/h2-5,7,9-10,16,22H,6,8,11H2,1H3,(H,21,23). The molecule has 4 nitrogen and oxygen atoms in total. The van der Waals surface area contributed by atoms with Crippen molar-refractivity contribution in [2.24, 2.45) is 0 Å². The summed E-state index contributed by atoms with van der Waals surface area (Å²) in [7, 11) is 1.54. The van der Waals surface area contributed by atoms with Crippen molar-refractivity contribution in [2.75, 3.05) is 13.7 Å². The van der Waals surface area contributed by atoms with Gasteiger partial charge in [0, 0.05) is 13.0 Å². The number of hydrogen-bond acceptors (Lipinski definition) is 3. The van der Waals surface area contributed by atoms with Gasteiger partial charge in [-0.05, 0) is 41.8 Å². The lowest BCUT2D eigenvalue weighted by Crippen LogP contribution is -2.28. The van der Waals surface area contributed by atoms with Gasteiger partial charge in [-0.2, -0.15) is 0 Å². The molecule has 0 fully saturated rings. The van der Waals surface area contributed by atoms with Gasteiger partial charge < -0.3 is 15.2 Å². The van der Waals surface area contributed by atoms with Gasteiger partial charge in [0.05, 0.1) is 18.2 Å².